The Kier molecular flexibility index (Phi) is 5.51. The number of aldehydes is 1. The first kappa shape index (κ1) is 19.6. The van der Waals surface area contributed by atoms with Gasteiger partial charge in [0.1, 0.15) is 12.0 Å². The van der Waals surface area contributed by atoms with E-state index < -0.39 is 0 Å². The Bertz CT molecular complexity index is 880. The van der Waals surface area contributed by atoms with Crippen LogP contribution >= 0.6 is 0 Å². The maximum absolute atomic E-state index is 11.0. The molecule has 1 saturated heterocycles. The smallest absolute Gasteiger partial charge is 0.123 e. The minimum absolute atomic E-state index is 0.207. The molecule has 0 amide bonds. The Morgan fingerprint density at radius 3 is 2.40 bits per heavy atom. The Labute approximate surface area is 178 Å². The van der Waals surface area contributed by atoms with Crippen LogP contribution in [0, 0.1) is 11.8 Å². The van der Waals surface area contributed by atoms with Crippen molar-refractivity contribution in [3.8, 4) is 5.75 Å². The SMILES string of the molecule is O=CC1CCN(c2ccc([C@H]3c4ccc(O)cc4CO[C@H]3C3CCCC3)cc2)CC1. The van der Waals surface area contributed by atoms with Crippen LogP contribution in [-0.2, 0) is 16.1 Å². The predicted molar refractivity (Wildman–Crippen MR) is 118 cm³/mol. The van der Waals surface area contributed by atoms with Gasteiger partial charge in [0.15, 0.2) is 0 Å². The molecule has 0 spiro atoms. The van der Waals surface area contributed by atoms with Crippen molar-refractivity contribution in [2.45, 2.75) is 57.2 Å². The second-order valence-corrected chi connectivity index (χ2v) is 9.23. The van der Waals surface area contributed by atoms with E-state index in [1.807, 2.05) is 12.1 Å². The van der Waals surface area contributed by atoms with Crippen LogP contribution in [0.2, 0.25) is 0 Å². The molecule has 1 saturated carbocycles. The number of carbonyl (C=O) groups excluding carboxylic acids is 1. The third kappa shape index (κ3) is 3.74. The highest BCUT2D eigenvalue weighted by Crippen LogP contribution is 2.45. The molecule has 5 rings (SSSR count). The molecular formula is C26H31NO3. The zero-order valence-corrected chi connectivity index (χ0v) is 17.5. The molecular weight excluding hydrogens is 374 g/mol. The summed E-state index contributed by atoms with van der Waals surface area (Å²) in [6, 6.07) is 14.8. The standard InChI is InChI=1S/C26H31NO3/c28-16-18-11-13-27(14-12-18)22-7-5-19(6-8-22)25-24-10-9-23(29)15-21(24)17-30-26(25)20-3-1-2-4-20/h5-10,15-16,18,20,25-26,29H,1-4,11-14,17H2/t25-,26-/m0/s1. The minimum atomic E-state index is 0.207. The van der Waals surface area contributed by atoms with E-state index in [0.29, 0.717) is 18.3 Å². The molecule has 4 nitrogen and oxygen atoms in total. The first-order valence-corrected chi connectivity index (χ1v) is 11.5. The van der Waals surface area contributed by atoms with Gasteiger partial charge in [0.05, 0.1) is 12.7 Å². The van der Waals surface area contributed by atoms with Crippen molar-refractivity contribution in [2.75, 3.05) is 18.0 Å². The van der Waals surface area contributed by atoms with Crippen LogP contribution in [0.3, 0.4) is 0 Å². The number of ether oxygens (including phenoxy) is 1. The molecule has 30 heavy (non-hydrogen) atoms. The number of piperidine rings is 1. The highest BCUT2D eigenvalue weighted by Gasteiger charge is 2.38. The van der Waals surface area contributed by atoms with Crippen molar-refractivity contribution in [2.24, 2.45) is 11.8 Å². The summed E-state index contributed by atoms with van der Waals surface area (Å²) >= 11 is 0. The highest BCUT2D eigenvalue weighted by atomic mass is 16.5. The van der Waals surface area contributed by atoms with E-state index in [-0.39, 0.29) is 17.9 Å². The third-order valence-electron chi connectivity index (χ3n) is 7.44. The van der Waals surface area contributed by atoms with E-state index in [1.54, 1.807) is 0 Å². The number of hydrogen-bond acceptors (Lipinski definition) is 4. The van der Waals surface area contributed by atoms with Crippen LogP contribution in [0.15, 0.2) is 42.5 Å². The van der Waals surface area contributed by atoms with Crippen LogP contribution in [0.5, 0.6) is 5.75 Å². The number of aromatic hydroxyl groups is 1. The molecule has 3 aliphatic rings. The summed E-state index contributed by atoms with van der Waals surface area (Å²) in [4.78, 5) is 13.4. The molecule has 2 aromatic carbocycles. The molecule has 0 unspecified atom stereocenters. The largest absolute Gasteiger partial charge is 0.508 e. The molecule has 4 heteroatoms. The topological polar surface area (TPSA) is 49.8 Å². The number of rotatable bonds is 4. The lowest BCUT2D eigenvalue weighted by Gasteiger charge is -2.38. The van der Waals surface area contributed by atoms with Crippen LogP contribution in [-0.4, -0.2) is 30.6 Å². The molecule has 2 aromatic rings. The van der Waals surface area contributed by atoms with Crippen LogP contribution in [0.4, 0.5) is 5.69 Å². The van der Waals surface area contributed by atoms with Gasteiger partial charge in [-0.05, 0) is 72.6 Å². The first-order valence-electron chi connectivity index (χ1n) is 11.5. The van der Waals surface area contributed by atoms with E-state index in [1.165, 1.54) is 42.5 Å². The summed E-state index contributed by atoms with van der Waals surface area (Å²) in [5, 5.41) is 9.96. The van der Waals surface area contributed by atoms with Gasteiger partial charge < -0.3 is 19.5 Å². The summed E-state index contributed by atoms with van der Waals surface area (Å²) in [7, 11) is 0. The van der Waals surface area contributed by atoms with Crippen LogP contribution in [0.25, 0.3) is 0 Å². The maximum Gasteiger partial charge on any atom is 0.123 e. The van der Waals surface area contributed by atoms with E-state index >= 15 is 0 Å². The molecule has 2 heterocycles. The van der Waals surface area contributed by atoms with Crippen molar-refractivity contribution in [1.82, 2.24) is 0 Å². The maximum atomic E-state index is 11.0. The van der Waals surface area contributed by atoms with E-state index in [4.69, 9.17) is 4.74 Å². The summed E-state index contributed by atoms with van der Waals surface area (Å²) in [6.45, 7) is 2.48. The number of hydrogen-bond donors (Lipinski definition) is 1. The quantitative estimate of drug-likeness (QED) is 0.725. The van der Waals surface area contributed by atoms with Gasteiger partial charge >= 0.3 is 0 Å². The second-order valence-electron chi connectivity index (χ2n) is 9.23. The molecule has 2 aliphatic heterocycles. The van der Waals surface area contributed by atoms with Crippen molar-refractivity contribution < 1.29 is 14.6 Å². The number of carbonyl (C=O) groups is 1. The average Bonchev–Trinajstić information content (AvgIpc) is 3.33. The lowest BCUT2D eigenvalue weighted by Crippen LogP contribution is -2.35. The lowest BCUT2D eigenvalue weighted by molar-refractivity contribution is -0.111. The molecule has 2 atom stereocenters. The Hall–Kier alpha value is -2.33. The first-order chi connectivity index (χ1) is 14.7. The fourth-order valence-electron chi connectivity index (χ4n) is 5.73. The summed E-state index contributed by atoms with van der Waals surface area (Å²) in [5.74, 6) is 1.36. The van der Waals surface area contributed by atoms with E-state index in [2.05, 4.69) is 35.2 Å². The molecule has 0 bridgehead atoms. The Morgan fingerprint density at radius 2 is 1.70 bits per heavy atom. The fraction of sp³-hybridized carbons (Fsp3) is 0.500. The number of phenols is 1. The van der Waals surface area contributed by atoms with Gasteiger partial charge in [0.2, 0.25) is 0 Å². The number of benzene rings is 2. The minimum Gasteiger partial charge on any atom is -0.508 e. The average molecular weight is 406 g/mol. The van der Waals surface area contributed by atoms with Gasteiger partial charge in [0, 0.05) is 30.6 Å². The number of fused-ring (bicyclic) bond motifs is 1. The zero-order chi connectivity index (χ0) is 20.5. The van der Waals surface area contributed by atoms with Crippen LogP contribution < -0.4 is 4.90 Å². The van der Waals surface area contributed by atoms with Gasteiger partial charge in [-0.25, -0.2) is 0 Å². The Morgan fingerprint density at radius 1 is 0.967 bits per heavy atom. The summed E-state index contributed by atoms with van der Waals surface area (Å²) in [6.07, 6.45) is 8.31. The number of nitrogens with zero attached hydrogens (tertiary/aromatic N) is 1. The third-order valence-corrected chi connectivity index (χ3v) is 7.44. The predicted octanol–water partition coefficient (Wildman–Crippen LogP) is 5.03. The van der Waals surface area contributed by atoms with Crippen molar-refractivity contribution in [3.05, 3.63) is 59.2 Å². The van der Waals surface area contributed by atoms with E-state index in [9.17, 15) is 9.90 Å². The number of anilines is 1. The normalized spacial score (nSPS) is 25.3. The number of phenolic OH excluding ortho intramolecular Hbond substituents is 1. The highest BCUT2D eigenvalue weighted by molar-refractivity contribution is 5.56. The van der Waals surface area contributed by atoms with Crippen molar-refractivity contribution in [1.29, 1.82) is 0 Å². The monoisotopic (exact) mass is 405 g/mol. The van der Waals surface area contributed by atoms with Crippen molar-refractivity contribution >= 4 is 12.0 Å². The van der Waals surface area contributed by atoms with Gasteiger partial charge in [0.25, 0.3) is 0 Å². The zero-order valence-electron chi connectivity index (χ0n) is 17.5. The second kappa shape index (κ2) is 8.43. The molecule has 1 N–H and O–H groups in total. The summed E-state index contributed by atoms with van der Waals surface area (Å²) in [5.41, 5.74) is 4.94. The molecule has 2 fully saturated rings. The molecule has 0 aromatic heterocycles. The van der Waals surface area contributed by atoms with Crippen LogP contribution in [0.1, 0.15) is 61.1 Å². The van der Waals surface area contributed by atoms with E-state index in [0.717, 1.165) is 37.8 Å². The van der Waals surface area contributed by atoms with Gasteiger partial charge in [-0.1, -0.05) is 31.0 Å². The summed E-state index contributed by atoms with van der Waals surface area (Å²) < 4.78 is 6.43. The van der Waals surface area contributed by atoms with Gasteiger partial charge in [-0.15, -0.1) is 0 Å². The fourth-order valence-corrected chi connectivity index (χ4v) is 5.73. The Balaban J connectivity index is 1.43. The molecule has 0 radical (unpaired) electrons. The molecule has 1 aliphatic carbocycles. The van der Waals surface area contributed by atoms with Gasteiger partial charge in [-0.3, -0.25) is 0 Å². The lowest BCUT2D eigenvalue weighted by atomic mass is 9.77. The molecule has 158 valence electrons. The van der Waals surface area contributed by atoms with Crippen molar-refractivity contribution in [3.63, 3.8) is 0 Å². The van der Waals surface area contributed by atoms with Gasteiger partial charge in [-0.2, -0.15) is 0 Å².